The van der Waals surface area contributed by atoms with Gasteiger partial charge in [0.25, 0.3) is 10.0 Å². The van der Waals surface area contributed by atoms with Crippen molar-refractivity contribution in [1.82, 2.24) is 5.32 Å². The number of carboxylic acids is 1. The third-order valence-electron chi connectivity index (χ3n) is 3.45. The zero-order chi connectivity index (χ0) is 16.1. The number of sulfonamides is 1. The van der Waals surface area contributed by atoms with Crippen LogP contribution in [0.15, 0.2) is 4.40 Å². The fourth-order valence-electron chi connectivity index (χ4n) is 2.05. The summed E-state index contributed by atoms with van der Waals surface area (Å²) < 4.78 is 26.8. The second-order valence-corrected chi connectivity index (χ2v) is 6.91. The first-order valence-electron chi connectivity index (χ1n) is 6.48. The van der Waals surface area contributed by atoms with E-state index in [0.29, 0.717) is 12.8 Å². The molecule has 0 aliphatic heterocycles. The summed E-state index contributed by atoms with van der Waals surface area (Å²) in [7, 11) is -3.72. The van der Waals surface area contributed by atoms with E-state index >= 15 is 0 Å². The monoisotopic (exact) mass is 320 g/mol. The molecule has 21 heavy (non-hydrogen) atoms. The van der Waals surface area contributed by atoms with Gasteiger partial charge in [-0.1, -0.05) is 0 Å². The summed E-state index contributed by atoms with van der Waals surface area (Å²) in [5.74, 6) is -1.47. The molecule has 0 aromatic rings. The van der Waals surface area contributed by atoms with E-state index in [4.69, 9.17) is 16.6 Å². The normalized spacial score (nSPS) is 18.9. The number of hydrogen-bond donors (Lipinski definition) is 4. The van der Waals surface area contributed by atoms with Crippen molar-refractivity contribution in [3.63, 3.8) is 0 Å². The first-order valence-corrected chi connectivity index (χ1v) is 8.09. The van der Waals surface area contributed by atoms with Crippen LogP contribution in [0.4, 0.5) is 4.79 Å². The number of carbonyl (C=O) groups excluding carboxylic acids is 1. The van der Waals surface area contributed by atoms with Gasteiger partial charge in [-0.3, -0.25) is 4.79 Å². The average Bonchev–Trinajstić information content (AvgIpc) is 2.31. The number of nitrogens with one attached hydrogen (secondary N) is 1. The lowest BCUT2D eigenvalue weighted by Crippen LogP contribution is -2.55. The molecule has 0 aromatic carbocycles. The molecular formula is C11H20N4O5S. The van der Waals surface area contributed by atoms with Crippen molar-refractivity contribution in [2.24, 2.45) is 15.9 Å². The minimum absolute atomic E-state index is 0.167. The molecule has 2 amide bonds. The van der Waals surface area contributed by atoms with Crippen molar-refractivity contribution >= 4 is 28.2 Å². The highest BCUT2D eigenvalue weighted by Crippen LogP contribution is 2.35. The number of nitrogens with zero attached hydrogens (tertiary/aromatic N) is 1. The topological polar surface area (TPSA) is 165 Å². The Hall–Kier alpha value is -1.68. The second-order valence-electron chi connectivity index (χ2n) is 5.13. The van der Waals surface area contributed by atoms with Gasteiger partial charge in [-0.2, -0.15) is 4.40 Å². The maximum Gasteiger partial charge on any atom is 0.320 e. The van der Waals surface area contributed by atoms with Gasteiger partial charge in [-0.05, 0) is 25.7 Å². The summed E-state index contributed by atoms with van der Waals surface area (Å²) in [6.45, 7) is 0. The van der Waals surface area contributed by atoms with E-state index in [1.165, 1.54) is 0 Å². The Morgan fingerprint density at radius 2 is 2.05 bits per heavy atom. The lowest BCUT2D eigenvalue weighted by molar-refractivity contribution is -0.138. The molecule has 120 valence electrons. The molecule has 0 aromatic heterocycles. The Balaban J connectivity index is 2.51. The van der Waals surface area contributed by atoms with Gasteiger partial charge in [0, 0.05) is 18.2 Å². The molecule has 1 aliphatic carbocycles. The van der Waals surface area contributed by atoms with Gasteiger partial charge in [0.1, 0.15) is 6.04 Å². The van der Waals surface area contributed by atoms with E-state index in [1.54, 1.807) is 0 Å². The van der Waals surface area contributed by atoms with Crippen LogP contribution in [-0.4, -0.2) is 49.1 Å². The molecule has 6 N–H and O–H groups in total. The zero-order valence-corrected chi connectivity index (χ0v) is 12.3. The number of carbonyl (C=O) groups is 2. The minimum Gasteiger partial charge on any atom is -0.480 e. The van der Waals surface area contributed by atoms with Crippen LogP contribution >= 0.6 is 0 Å². The molecule has 1 fully saturated rings. The van der Waals surface area contributed by atoms with Gasteiger partial charge in [-0.15, -0.1) is 0 Å². The van der Waals surface area contributed by atoms with Gasteiger partial charge >= 0.3 is 12.0 Å². The van der Waals surface area contributed by atoms with Crippen LogP contribution in [0.25, 0.3) is 0 Å². The Morgan fingerprint density at radius 3 is 2.48 bits per heavy atom. The van der Waals surface area contributed by atoms with Crippen LogP contribution in [-0.2, 0) is 14.8 Å². The summed E-state index contributed by atoms with van der Waals surface area (Å²) in [6, 6.07) is -1.86. The summed E-state index contributed by atoms with van der Waals surface area (Å²) in [5, 5.41) is 11.1. The number of urea groups is 1. The van der Waals surface area contributed by atoms with Crippen LogP contribution in [0.5, 0.6) is 0 Å². The first-order chi connectivity index (χ1) is 9.66. The Bertz CT molecular complexity index is 527. The predicted octanol–water partition coefficient (Wildman–Crippen LogP) is -0.830. The maximum atomic E-state index is 11.7. The van der Waals surface area contributed by atoms with Crippen LogP contribution in [0, 0.1) is 0 Å². The number of primary amides is 1. The highest BCUT2D eigenvalue weighted by atomic mass is 32.2. The molecule has 0 unspecified atom stereocenters. The van der Waals surface area contributed by atoms with Crippen molar-refractivity contribution in [2.45, 2.75) is 43.7 Å². The van der Waals surface area contributed by atoms with Crippen LogP contribution in [0.3, 0.4) is 0 Å². The van der Waals surface area contributed by atoms with Crippen LogP contribution in [0.2, 0.25) is 0 Å². The lowest BCUT2D eigenvalue weighted by atomic mass is 9.75. The highest BCUT2D eigenvalue weighted by molar-refractivity contribution is 7.90. The van der Waals surface area contributed by atoms with Crippen molar-refractivity contribution in [2.75, 3.05) is 5.75 Å². The third kappa shape index (κ3) is 5.68. The summed E-state index contributed by atoms with van der Waals surface area (Å²) >= 11 is 0. The number of amides is 2. The van der Waals surface area contributed by atoms with Crippen molar-refractivity contribution in [1.29, 1.82) is 0 Å². The molecular weight excluding hydrogens is 300 g/mol. The van der Waals surface area contributed by atoms with Crippen molar-refractivity contribution < 1.29 is 23.1 Å². The largest absolute Gasteiger partial charge is 0.480 e. The second kappa shape index (κ2) is 6.85. The highest BCUT2D eigenvalue weighted by Gasteiger charge is 2.38. The fourth-order valence-corrected chi connectivity index (χ4v) is 3.12. The smallest absolute Gasteiger partial charge is 0.320 e. The average molecular weight is 320 g/mol. The van der Waals surface area contributed by atoms with Gasteiger partial charge in [0.2, 0.25) is 0 Å². The summed E-state index contributed by atoms with van der Waals surface area (Å²) in [5.41, 5.74) is 9.73. The molecule has 0 spiro atoms. The Labute approximate surface area is 122 Å². The Morgan fingerprint density at radius 1 is 1.43 bits per heavy atom. The van der Waals surface area contributed by atoms with Gasteiger partial charge in [0.15, 0.2) is 0 Å². The molecule has 0 radical (unpaired) electrons. The molecule has 1 rings (SSSR count). The fraction of sp³-hybridized carbons (Fsp3) is 0.727. The number of carboxylic acid groups (broad SMARTS) is 1. The molecule has 1 saturated carbocycles. The first kappa shape index (κ1) is 17.4. The van der Waals surface area contributed by atoms with Crippen LogP contribution < -0.4 is 16.8 Å². The van der Waals surface area contributed by atoms with Gasteiger partial charge in [0.05, 0.1) is 5.75 Å². The quantitative estimate of drug-likeness (QED) is 0.426. The minimum atomic E-state index is -3.72. The molecule has 0 saturated heterocycles. The van der Waals surface area contributed by atoms with Crippen molar-refractivity contribution in [3.05, 3.63) is 0 Å². The standard InChI is InChI=1S/C11H20N4O5S/c12-8(9(16)17)2-6-14-21(19,20)7-5-11(3-1-4-11)15-10(13)18/h6,8H,1-5,7,12H2,(H,16,17)(H3,13,15,18)/t8-/m0/s1. The number of nitrogens with two attached hydrogens (primary N) is 2. The molecule has 0 heterocycles. The predicted molar refractivity (Wildman–Crippen MR) is 76.4 cm³/mol. The number of rotatable bonds is 8. The van der Waals surface area contributed by atoms with E-state index in [0.717, 1.165) is 12.6 Å². The lowest BCUT2D eigenvalue weighted by Gasteiger charge is -2.42. The number of aliphatic carboxylic acids is 1. The molecule has 9 nitrogen and oxygen atoms in total. The Kier molecular flexibility index (Phi) is 5.67. The van der Waals surface area contributed by atoms with E-state index in [-0.39, 0.29) is 18.6 Å². The SMILES string of the molecule is NC(=O)NC1(CCS(=O)(=O)N=CC[C@H](N)C(=O)O)CCC1. The van der Waals surface area contributed by atoms with Crippen LogP contribution in [0.1, 0.15) is 32.1 Å². The summed E-state index contributed by atoms with van der Waals surface area (Å²) in [4.78, 5) is 21.4. The molecule has 10 heteroatoms. The van der Waals surface area contributed by atoms with Gasteiger partial charge < -0.3 is 21.9 Å². The molecule has 0 bridgehead atoms. The number of hydrogen-bond acceptors (Lipinski definition) is 5. The van der Waals surface area contributed by atoms with Gasteiger partial charge in [-0.25, -0.2) is 13.2 Å². The zero-order valence-electron chi connectivity index (χ0n) is 11.5. The molecule has 1 atom stereocenters. The van der Waals surface area contributed by atoms with E-state index in [1.807, 2.05) is 0 Å². The maximum absolute atomic E-state index is 11.7. The summed E-state index contributed by atoms with van der Waals surface area (Å²) in [6.07, 6.45) is 3.30. The van der Waals surface area contributed by atoms with Crippen molar-refractivity contribution in [3.8, 4) is 0 Å². The third-order valence-corrected chi connectivity index (χ3v) is 4.64. The van der Waals surface area contributed by atoms with E-state index < -0.39 is 33.6 Å². The molecule has 1 aliphatic rings. The van der Waals surface area contributed by atoms with E-state index in [9.17, 15) is 18.0 Å². The van der Waals surface area contributed by atoms with E-state index in [2.05, 4.69) is 9.71 Å².